The summed E-state index contributed by atoms with van der Waals surface area (Å²) in [5.41, 5.74) is 1.96. The molecule has 3 heteroatoms. The number of likely N-dealkylation sites (N-methyl/N-ethyl adjacent to an activating group) is 1. The maximum Gasteiger partial charge on any atom is 0.231 e. The van der Waals surface area contributed by atoms with E-state index in [1.807, 2.05) is 61.5 Å². The average Bonchev–Trinajstić information content (AvgIpc) is 2.43. The van der Waals surface area contributed by atoms with Gasteiger partial charge in [-0.25, -0.2) is 0 Å². The van der Waals surface area contributed by atoms with Crippen LogP contribution in [-0.4, -0.2) is 12.5 Å². The van der Waals surface area contributed by atoms with Crippen molar-refractivity contribution in [2.24, 2.45) is 0 Å². The minimum Gasteiger partial charge on any atom is -0.312 e. The maximum absolute atomic E-state index is 12.4. The van der Waals surface area contributed by atoms with Crippen LogP contribution in [-0.2, 0) is 11.2 Å². The van der Waals surface area contributed by atoms with E-state index in [1.54, 1.807) is 4.90 Å². The van der Waals surface area contributed by atoms with Crippen molar-refractivity contribution < 1.29 is 4.79 Å². The van der Waals surface area contributed by atoms with Crippen LogP contribution in [0.25, 0.3) is 0 Å². The van der Waals surface area contributed by atoms with Crippen LogP contribution in [0.4, 0.5) is 5.69 Å². The van der Waals surface area contributed by atoms with Crippen molar-refractivity contribution in [1.29, 1.82) is 0 Å². The zero-order chi connectivity index (χ0) is 13.7. The minimum atomic E-state index is 0.112. The molecular weight excluding hydrogens is 302 g/mol. The van der Waals surface area contributed by atoms with Crippen molar-refractivity contribution >= 4 is 27.5 Å². The number of carbonyl (C=O) groups excluding carboxylic acids is 1. The predicted octanol–water partition coefficient (Wildman–Crippen LogP) is 4.04. The Labute approximate surface area is 122 Å². The predicted molar refractivity (Wildman–Crippen MR) is 82.3 cm³/mol. The highest BCUT2D eigenvalue weighted by Crippen LogP contribution is 2.19. The zero-order valence-electron chi connectivity index (χ0n) is 10.8. The number of carbonyl (C=O) groups is 1. The van der Waals surface area contributed by atoms with E-state index >= 15 is 0 Å². The van der Waals surface area contributed by atoms with Gasteiger partial charge in [-0.2, -0.15) is 0 Å². The second-order valence-corrected chi connectivity index (χ2v) is 5.10. The number of hydrogen-bond donors (Lipinski definition) is 0. The Balaban J connectivity index is 2.17. The minimum absolute atomic E-state index is 0.112. The first kappa shape index (κ1) is 13.8. The van der Waals surface area contributed by atoms with E-state index < -0.39 is 0 Å². The molecule has 0 N–H and O–H groups in total. The zero-order valence-corrected chi connectivity index (χ0v) is 12.4. The van der Waals surface area contributed by atoms with Crippen molar-refractivity contribution in [3.05, 3.63) is 64.6 Å². The molecule has 0 aliphatic carbocycles. The summed E-state index contributed by atoms with van der Waals surface area (Å²) in [5, 5.41) is 0. The van der Waals surface area contributed by atoms with E-state index in [-0.39, 0.29) is 5.91 Å². The van der Waals surface area contributed by atoms with Gasteiger partial charge in [0.1, 0.15) is 0 Å². The number of halogens is 1. The smallest absolute Gasteiger partial charge is 0.231 e. The largest absolute Gasteiger partial charge is 0.312 e. The topological polar surface area (TPSA) is 20.3 Å². The molecule has 0 radical (unpaired) electrons. The molecule has 0 atom stereocenters. The average molecular weight is 318 g/mol. The van der Waals surface area contributed by atoms with Crippen LogP contribution in [0.1, 0.15) is 12.5 Å². The highest BCUT2D eigenvalue weighted by molar-refractivity contribution is 9.10. The Hall–Kier alpha value is -1.61. The van der Waals surface area contributed by atoms with Gasteiger partial charge < -0.3 is 4.90 Å². The molecule has 2 rings (SSSR count). The number of rotatable bonds is 4. The molecule has 2 nitrogen and oxygen atoms in total. The van der Waals surface area contributed by atoms with E-state index in [0.717, 1.165) is 15.7 Å². The molecule has 0 fully saturated rings. The van der Waals surface area contributed by atoms with Crippen LogP contribution in [0.3, 0.4) is 0 Å². The lowest BCUT2D eigenvalue weighted by molar-refractivity contribution is -0.117. The van der Waals surface area contributed by atoms with E-state index in [0.29, 0.717) is 13.0 Å². The van der Waals surface area contributed by atoms with Gasteiger partial charge in [-0.3, -0.25) is 4.79 Å². The first-order chi connectivity index (χ1) is 9.22. The van der Waals surface area contributed by atoms with Crippen molar-refractivity contribution in [2.75, 3.05) is 11.4 Å². The number of benzene rings is 2. The molecule has 0 aliphatic heterocycles. The molecule has 0 unspecified atom stereocenters. The van der Waals surface area contributed by atoms with E-state index in [9.17, 15) is 4.79 Å². The van der Waals surface area contributed by atoms with E-state index in [1.165, 1.54) is 0 Å². The van der Waals surface area contributed by atoms with Crippen LogP contribution in [0.5, 0.6) is 0 Å². The van der Waals surface area contributed by atoms with Gasteiger partial charge in [0, 0.05) is 16.7 Å². The molecular formula is C16H16BrNO. The summed E-state index contributed by atoms with van der Waals surface area (Å²) >= 11 is 3.48. The fourth-order valence-corrected chi connectivity index (χ4v) is 2.44. The van der Waals surface area contributed by atoms with E-state index in [4.69, 9.17) is 0 Å². The second-order valence-electron chi connectivity index (χ2n) is 4.24. The van der Waals surface area contributed by atoms with Crippen LogP contribution in [0.2, 0.25) is 0 Å². The molecule has 2 aromatic rings. The molecule has 98 valence electrons. The molecule has 0 saturated heterocycles. The lowest BCUT2D eigenvalue weighted by atomic mass is 10.1. The number of hydrogen-bond acceptors (Lipinski definition) is 1. The third-order valence-electron chi connectivity index (χ3n) is 2.98. The van der Waals surface area contributed by atoms with Gasteiger partial charge >= 0.3 is 0 Å². The van der Waals surface area contributed by atoms with Gasteiger partial charge in [0.25, 0.3) is 0 Å². The highest BCUT2D eigenvalue weighted by Gasteiger charge is 2.15. The van der Waals surface area contributed by atoms with Crippen molar-refractivity contribution in [1.82, 2.24) is 0 Å². The highest BCUT2D eigenvalue weighted by atomic mass is 79.9. The van der Waals surface area contributed by atoms with E-state index in [2.05, 4.69) is 15.9 Å². The summed E-state index contributed by atoms with van der Waals surface area (Å²) < 4.78 is 0.979. The summed E-state index contributed by atoms with van der Waals surface area (Å²) in [6.45, 7) is 2.66. The number of para-hydroxylation sites is 1. The fourth-order valence-electron chi connectivity index (χ4n) is 2.01. The monoisotopic (exact) mass is 317 g/mol. The van der Waals surface area contributed by atoms with Crippen LogP contribution >= 0.6 is 15.9 Å². The lowest BCUT2D eigenvalue weighted by Crippen LogP contribution is -2.32. The van der Waals surface area contributed by atoms with Gasteiger partial charge in [0.2, 0.25) is 5.91 Å². The summed E-state index contributed by atoms with van der Waals surface area (Å²) in [7, 11) is 0. The normalized spacial score (nSPS) is 10.2. The summed E-state index contributed by atoms with van der Waals surface area (Å²) in [5.74, 6) is 0.112. The fraction of sp³-hybridized carbons (Fsp3) is 0.188. The standard InChI is InChI=1S/C16H16BrNO/c1-2-18(14-9-4-3-5-10-14)16(19)12-13-8-6-7-11-15(13)17/h3-11H,2,12H2,1H3. The Kier molecular flexibility index (Phi) is 4.74. The van der Waals surface area contributed by atoms with Gasteiger partial charge in [-0.05, 0) is 30.7 Å². The van der Waals surface area contributed by atoms with Crippen molar-refractivity contribution in [2.45, 2.75) is 13.3 Å². The van der Waals surface area contributed by atoms with Gasteiger partial charge in [0.15, 0.2) is 0 Å². The molecule has 0 heterocycles. The second kappa shape index (κ2) is 6.53. The van der Waals surface area contributed by atoms with Gasteiger partial charge in [0.05, 0.1) is 6.42 Å². The van der Waals surface area contributed by atoms with Crippen LogP contribution in [0.15, 0.2) is 59.1 Å². The third-order valence-corrected chi connectivity index (χ3v) is 3.76. The molecule has 0 aromatic heterocycles. The molecule has 0 spiro atoms. The molecule has 0 bridgehead atoms. The Bertz CT molecular complexity index is 554. The molecule has 0 aliphatic rings. The molecule has 19 heavy (non-hydrogen) atoms. The number of nitrogens with zero attached hydrogens (tertiary/aromatic N) is 1. The van der Waals surface area contributed by atoms with Gasteiger partial charge in [-0.1, -0.05) is 52.3 Å². The quantitative estimate of drug-likeness (QED) is 0.833. The third kappa shape index (κ3) is 3.44. The maximum atomic E-state index is 12.4. The summed E-state index contributed by atoms with van der Waals surface area (Å²) in [6.07, 6.45) is 0.407. The number of amides is 1. The van der Waals surface area contributed by atoms with Gasteiger partial charge in [-0.15, -0.1) is 0 Å². The molecule has 0 saturated carbocycles. The Morgan fingerprint density at radius 2 is 1.68 bits per heavy atom. The van der Waals surface area contributed by atoms with Crippen molar-refractivity contribution in [3.8, 4) is 0 Å². The Morgan fingerprint density at radius 3 is 2.32 bits per heavy atom. The summed E-state index contributed by atoms with van der Waals surface area (Å²) in [6, 6.07) is 17.6. The lowest BCUT2D eigenvalue weighted by Gasteiger charge is -2.21. The van der Waals surface area contributed by atoms with Crippen molar-refractivity contribution in [3.63, 3.8) is 0 Å². The first-order valence-corrected chi connectivity index (χ1v) is 7.10. The number of anilines is 1. The van der Waals surface area contributed by atoms with Crippen LogP contribution < -0.4 is 4.90 Å². The summed E-state index contributed by atoms with van der Waals surface area (Å²) in [4.78, 5) is 14.2. The molecule has 1 amide bonds. The Morgan fingerprint density at radius 1 is 1.05 bits per heavy atom. The SMILES string of the molecule is CCN(C(=O)Cc1ccccc1Br)c1ccccc1. The van der Waals surface area contributed by atoms with Crippen LogP contribution in [0, 0.1) is 0 Å². The molecule has 2 aromatic carbocycles. The first-order valence-electron chi connectivity index (χ1n) is 6.31.